The minimum Gasteiger partial charge on any atom is -0.353 e. The first-order chi connectivity index (χ1) is 16.1. The second-order valence-electron chi connectivity index (χ2n) is 9.97. The Balaban J connectivity index is 1.43. The van der Waals surface area contributed by atoms with Crippen LogP contribution in [-0.2, 0) is 12.5 Å². The van der Waals surface area contributed by atoms with E-state index in [2.05, 4.69) is 51.6 Å². The molecule has 1 aliphatic rings. The Morgan fingerprint density at radius 3 is 2.56 bits per heavy atom. The summed E-state index contributed by atoms with van der Waals surface area (Å²) in [4.78, 5) is 27.2. The molecule has 0 radical (unpaired) electrons. The molecule has 3 aromatic rings. The van der Waals surface area contributed by atoms with Gasteiger partial charge in [-0.1, -0.05) is 32.9 Å². The van der Waals surface area contributed by atoms with Crippen LogP contribution >= 0.6 is 0 Å². The molecule has 1 aromatic carbocycles. The quantitative estimate of drug-likeness (QED) is 0.536. The molecule has 3 heterocycles. The summed E-state index contributed by atoms with van der Waals surface area (Å²) in [6, 6.07) is 11.4. The Labute approximate surface area is 199 Å². The van der Waals surface area contributed by atoms with Crippen LogP contribution in [0, 0.1) is 6.92 Å². The van der Waals surface area contributed by atoms with E-state index in [1.54, 1.807) is 10.7 Å². The predicted molar refractivity (Wildman–Crippen MR) is 134 cm³/mol. The van der Waals surface area contributed by atoms with Crippen LogP contribution in [0.15, 0.2) is 41.2 Å². The van der Waals surface area contributed by atoms with Gasteiger partial charge in [-0.3, -0.25) is 14.3 Å². The topological polar surface area (TPSA) is 108 Å². The minimum atomic E-state index is -0.312. The number of rotatable bonds is 5. The maximum Gasteiger partial charge on any atom is 0.288 e. The fourth-order valence-electron chi connectivity index (χ4n) is 4.10. The van der Waals surface area contributed by atoms with Crippen molar-refractivity contribution in [2.45, 2.75) is 52.0 Å². The number of amides is 1. The number of carbonyl (C=O) groups excluding carboxylic acids is 1. The lowest BCUT2D eigenvalue weighted by Crippen LogP contribution is -2.48. The van der Waals surface area contributed by atoms with Crippen molar-refractivity contribution in [3.05, 3.63) is 63.6 Å². The van der Waals surface area contributed by atoms with E-state index in [0.29, 0.717) is 29.4 Å². The third-order valence-electron chi connectivity index (χ3n) is 6.26. The monoisotopic (exact) mass is 463 g/mol. The lowest BCUT2D eigenvalue weighted by Gasteiger charge is -2.33. The second kappa shape index (κ2) is 9.32. The van der Waals surface area contributed by atoms with E-state index >= 15 is 0 Å². The molecule has 0 bridgehead atoms. The Hall–Kier alpha value is -3.62. The molecule has 2 aromatic heterocycles. The van der Waals surface area contributed by atoms with E-state index in [0.717, 1.165) is 25.1 Å². The number of hydrogen-bond acceptors (Lipinski definition) is 6. The van der Waals surface area contributed by atoms with E-state index in [1.165, 1.54) is 5.56 Å². The number of anilines is 3. The largest absolute Gasteiger partial charge is 0.353 e. The molecule has 9 heteroatoms. The summed E-state index contributed by atoms with van der Waals surface area (Å²) < 4.78 is 1.74. The molecule has 0 unspecified atom stereocenters. The molecule has 0 aliphatic carbocycles. The van der Waals surface area contributed by atoms with E-state index < -0.39 is 0 Å². The molecule has 1 fully saturated rings. The lowest BCUT2D eigenvalue weighted by atomic mass is 9.86. The van der Waals surface area contributed by atoms with Gasteiger partial charge in [-0.05, 0) is 42.9 Å². The fraction of sp³-hybridized carbons (Fsp3) is 0.440. The van der Waals surface area contributed by atoms with Crippen molar-refractivity contribution in [2.24, 2.45) is 7.05 Å². The van der Waals surface area contributed by atoms with E-state index in [1.807, 2.05) is 44.3 Å². The molecular formula is C25H33N7O2. The summed E-state index contributed by atoms with van der Waals surface area (Å²) >= 11 is 0. The maximum atomic E-state index is 12.8. The molecular weight excluding hydrogens is 430 g/mol. The number of H-pyrrole nitrogens is 1. The average Bonchev–Trinajstić information content (AvgIpc) is 3.11. The Morgan fingerprint density at radius 1 is 1.18 bits per heavy atom. The van der Waals surface area contributed by atoms with Crippen molar-refractivity contribution in [1.82, 2.24) is 25.3 Å². The highest BCUT2D eigenvalue weighted by atomic mass is 16.1. The van der Waals surface area contributed by atoms with Gasteiger partial charge in [-0.15, -0.1) is 0 Å². The van der Waals surface area contributed by atoms with Crippen LogP contribution in [-0.4, -0.2) is 45.0 Å². The van der Waals surface area contributed by atoms with Gasteiger partial charge < -0.3 is 15.5 Å². The first-order valence-corrected chi connectivity index (χ1v) is 11.6. The van der Waals surface area contributed by atoms with Crippen LogP contribution in [0.5, 0.6) is 0 Å². The first kappa shape index (κ1) is 23.5. The summed E-state index contributed by atoms with van der Waals surface area (Å²) in [6.45, 7) is 9.83. The van der Waals surface area contributed by atoms with E-state index in [9.17, 15) is 9.59 Å². The van der Waals surface area contributed by atoms with Crippen LogP contribution in [0.25, 0.3) is 0 Å². The van der Waals surface area contributed by atoms with Gasteiger partial charge in [0.2, 0.25) is 0 Å². The number of aromatic nitrogens is 4. The molecule has 1 saturated heterocycles. The SMILES string of the molecule is Cc1cc(Nc2cc(N3CCC[C@@H](NC(=O)c4ccc(C(C)(C)C)cc4)C3)n[nH]c2=O)nn1C. The van der Waals surface area contributed by atoms with Crippen LogP contribution < -0.4 is 21.1 Å². The van der Waals surface area contributed by atoms with Gasteiger partial charge in [0.1, 0.15) is 5.69 Å². The van der Waals surface area contributed by atoms with Gasteiger partial charge in [-0.2, -0.15) is 10.2 Å². The molecule has 1 amide bonds. The van der Waals surface area contributed by atoms with Crippen LogP contribution in [0.2, 0.25) is 0 Å². The standard InChI is InChI=1S/C25H33N7O2/c1-16-13-21(30-31(16)5)27-20-14-22(28-29-24(20)34)32-12-6-7-19(15-32)26-23(33)17-8-10-18(11-9-17)25(2,3)4/h8-11,13-14,19H,6-7,12,15H2,1-5H3,(H,26,33)(H,29,34)(H,27,28,30)/t19-/m1/s1. The Bertz CT molecular complexity index is 1200. The van der Waals surface area contributed by atoms with Gasteiger partial charge in [0.25, 0.3) is 11.5 Å². The van der Waals surface area contributed by atoms with Crippen molar-refractivity contribution >= 4 is 23.2 Å². The summed E-state index contributed by atoms with van der Waals surface area (Å²) in [6.07, 6.45) is 1.81. The maximum absolute atomic E-state index is 12.8. The normalized spacial score (nSPS) is 16.4. The number of aromatic amines is 1. The molecule has 3 N–H and O–H groups in total. The molecule has 180 valence electrons. The Kier molecular flexibility index (Phi) is 6.45. The third kappa shape index (κ3) is 5.30. The van der Waals surface area contributed by atoms with Gasteiger partial charge >= 0.3 is 0 Å². The number of carbonyl (C=O) groups is 1. The zero-order valence-electron chi connectivity index (χ0n) is 20.5. The van der Waals surface area contributed by atoms with Crippen LogP contribution in [0.1, 0.15) is 55.2 Å². The van der Waals surface area contributed by atoms with Gasteiger partial charge in [-0.25, -0.2) is 5.10 Å². The van der Waals surface area contributed by atoms with E-state index in [4.69, 9.17) is 0 Å². The molecule has 0 spiro atoms. The molecule has 1 aliphatic heterocycles. The van der Waals surface area contributed by atoms with Gasteiger partial charge in [0.15, 0.2) is 11.6 Å². The third-order valence-corrected chi connectivity index (χ3v) is 6.26. The number of nitrogens with one attached hydrogen (secondary N) is 3. The fourth-order valence-corrected chi connectivity index (χ4v) is 4.10. The van der Waals surface area contributed by atoms with Crippen LogP contribution in [0.4, 0.5) is 17.3 Å². The lowest BCUT2D eigenvalue weighted by molar-refractivity contribution is 0.0933. The van der Waals surface area contributed by atoms with Crippen molar-refractivity contribution in [3.63, 3.8) is 0 Å². The van der Waals surface area contributed by atoms with Gasteiger partial charge in [0, 0.05) is 49.6 Å². The smallest absolute Gasteiger partial charge is 0.288 e. The summed E-state index contributed by atoms with van der Waals surface area (Å²) in [5.41, 5.74) is 2.95. The molecule has 1 atom stereocenters. The highest BCUT2D eigenvalue weighted by Gasteiger charge is 2.24. The minimum absolute atomic E-state index is 0.00730. The van der Waals surface area contributed by atoms with E-state index in [-0.39, 0.29) is 22.9 Å². The molecule has 0 saturated carbocycles. The average molecular weight is 464 g/mol. The number of nitrogens with zero attached hydrogens (tertiary/aromatic N) is 4. The van der Waals surface area contributed by atoms with Crippen molar-refractivity contribution in [1.29, 1.82) is 0 Å². The summed E-state index contributed by atoms with van der Waals surface area (Å²) in [5.74, 6) is 1.18. The van der Waals surface area contributed by atoms with Crippen molar-refractivity contribution in [3.8, 4) is 0 Å². The Morgan fingerprint density at radius 2 is 1.91 bits per heavy atom. The molecule has 34 heavy (non-hydrogen) atoms. The highest BCUT2D eigenvalue weighted by Crippen LogP contribution is 2.23. The zero-order chi connectivity index (χ0) is 24.5. The zero-order valence-corrected chi connectivity index (χ0v) is 20.5. The first-order valence-electron chi connectivity index (χ1n) is 11.6. The van der Waals surface area contributed by atoms with Crippen LogP contribution in [0.3, 0.4) is 0 Å². The van der Waals surface area contributed by atoms with Crippen molar-refractivity contribution in [2.75, 3.05) is 23.3 Å². The second-order valence-corrected chi connectivity index (χ2v) is 9.97. The summed E-state index contributed by atoms with van der Waals surface area (Å²) in [7, 11) is 1.85. The number of hydrogen-bond donors (Lipinski definition) is 3. The molecule has 4 rings (SSSR count). The highest BCUT2D eigenvalue weighted by molar-refractivity contribution is 5.94. The number of benzene rings is 1. The van der Waals surface area contributed by atoms with Gasteiger partial charge in [0.05, 0.1) is 0 Å². The number of piperidine rings is 1. The predicted octanol–water partition coefficient (Wildman–Crippen LogP) is 3.25. The molecule has 9 nitrogen and oxygen atoms in total. The van der Waals surface area contributed by atoms with Crippen molar-refractivity contribution < 1.29 is 4.79 Å². The number of aryl methyl sites for hydroxylation is 2. The summed E-state index contributed by atoms with van der Waals surface area (Å²) in [5, 5.41) is 17.4.